The molecule has 0 fully saturated rings. The number of amides is 1. The molecule has 6 nitrogen and oxygen atoms in total. The fourth-order valence-electron chi connectivity index (χ4n) is 2.94. The zero-order valence-corrected chi connectivity index (χ0v) is 15.6. The van der Waals surface area contributed by atoms with Crippen LogP contribution in [-0.2, 0) is 17.8 Å². The highest BCUT2D eigenvalue weighted by Gasteiger charge is 2.11. The number of aromatic nitrogens is 2. The first-order chi connectivity index (χ1) is 13.1. The Morgan fingerprint density at radius 1 is 1.15 bits per heavy atom. The lowest BCUT2D eigenvalue weighted by molar-refractivity contribution is -0.121. The fraction of sp³-hybridized carbons (Fsp3) is 0.286. The molecule has 3 rings (SSSR count). The predicted molar refractivity (Wildman–Crippen MR) is 105 cm³/mol. The average molecular weight is 365 g/mol. The normalized spacial score (nSPS) is 10.7. The highest BCUT2D eigenvalue weighted by molar-refractivity contribution is 5.80. The van der Waals surface area contributed by atoms with Gasteiger partial charge in [0.15, 0.2) is 0 Å². The van der Waals surface area contributed by atoms with Crippen molar-refractivity contribution in [3.63, 3.8) is 0 Å². The Kier molecular flexibility index (Phi) is 5.86. The van der Waals surface area contributed by atoms with E-state index in [9.17, 15) is 9.59 Å². The van der Waals surface area contributed by atoms with Crippen LogP contribution in [0.15, 0.2) is 53.3 Å². The second kappa shape index (κ2) is 8.49. The van der Waals surface area contributed by atoms with Crippen molar-refractivity contribution in [1.29, 1.82) is 0 Å². The van der Waals surface area contributed by atoms with Gasteiger partial charge in [0.25, 0.3) is 5.56 Å². The van der Waals surface area contributed by atoms with Crippen molar-refractivity contribution in [1.82, 2.24) is 14.9 Å². The second-order valence-corrected chi connectivity index (χ2v) is 6.25. The van der Waals surface area contributed by atoms with E-state index in [1.54, 1.807) is 13.0 Å². The molecule has 1 aromatic heterocycles. The number of fused-ring (bicyclic) bond motifs is 1. The summed E-state index contributed by atoms with van der Waals surface area (Å²) in [4.78, 5) is 29.0. The molecule has 0 spiro atoms. The first-order valence-electron chi connectivity index (χ1n) is 9.03. The van der Waals surface area contributed by atoms with Gasteiger partial charge in [0, 0.05) is 6.54 Å². The molecule has 1 heterocycles. The Labute approximate surface area is 157 Å². The molecule has 0 saturated carbocycles. The van der Waals surface area contributed by atoms with Crippen molar-refractivity contribution < 1.29 is 9.53 Å². The predicted octanol–water partition coefficient (Wildman–Crippen LogP) is 2.46. The number of aryl methyl sites for hydroxylation is 1. The monoisotopic (exact) mass is 365 g/mol. The van der Waals surface area contributed by atoms with E-state index in [0.717, 1.165) is 11.3 Å². The minimum atomic E-state index is -0.240. The number of hydrogen-bond acceptors (Lipinski definition) is 4. The largest absolute Gasteiger partial charge is 0.494 e. The lowest BCUT2D eigenvalue weighted by atomic mass is 10.1. The van der Waals surface area contributed by atoms with Gasteiger partial charge in [0.2, 0.25) is 5.91 Å². The fourth-order valence-corrected chi connectivity index (χ4v) is 2.94. The summed E-state index contributed by atoms with van der Waals surface area (Å²) < 4.78 is 6.89. The van der Waals surface area contributed by atoms with E-state index < -0.39 is 0 Å². The van der Waals surface area contributed by atoms with E-state index in [1.165, 1.54) is 4.57 Å². The minimum absolute atomic E-state index is 0.0218. The third kappa shape index (κ3) is 4.53. The van der Waals surface area contributed by atoms with Crippen LogP contribution < -0.4 is 15.6 Å². The molecule has 1 N–H and O–H groups in total. The molecule has 2 aromatic carbocycles. The number of hydrogen-bond donors (Lipinski definition) is 1. The summed E-state index contributed by atoms with van der Waals surface area (Å²) in [5, 5.41) is 2.88. The maximum absolute atomic E-state index is 12.4. The summed E-state index contributed by atoms with van der Waals surface area (Å²) in [6.45, 7) is 4.73. The number of nitrogens with one attached hydrogen (secondary N) is 1. The molecule has 3 aromatic rings. The van der Waals surface area contributed by atoms with E-state index in [0.29, 0.717) is 36.3 Å². The minimum Gasteiger partial charge on any atom is -0.494 e. The van der Waals surface area contributed by atoms with Gasteiger partial charge in [-0.15, -0.1) is 0 Å². The van der Waals surface area contributed by atoms with Crippen molar-refractivity contribution in [3.8, 4) is 5.75 Å². The van der Waals surface area contributed by atoms with Crippen LogP contribution in [0.25, 0.3) is 11.0 Å². The first-order valence-corrected chi connectivity index (χ1v) is 9.03. The summed E-state index contributed by atoms with van der Waals surface area (Å²) in [6.07, 6.45) is 0.711. The van der Waals surface area contributed by atoms with Crippen LogP contribution in [0, 0.1) is 6.92 Å². The third-order valence-electron chi connectivity index (χ3n) is 4.29. The maximum atomic E-state index is 12.4. The summed E-state index contributed by atoms with van der Waals surface area (Å²) in [7, 11) is 0. The van der Waals surface area contributed by atoms with Gasteiger partial charge < -0.3 is 10.1 Å². The summed E-state index contributed by atoms with van der Waals surface area (Å²) in [5.41, 5.74) is 2.62. The van der Waals surface area contributed by atoms with Gasteiger partial charge in [-0.25, -0.2) is 4.98 Å². The molecule has 1 amide bonds. The van der Waals surface area contributed by atoms with Crippen LogP contribution >= 0.6 is 0 Å². The lowest BCUT2D eigenvalue weighted by Crippen LogP contribution is -2.34. The van der Waals surface area contributed by atoms with Crippen LogP contribution in [0.3, 0.4) is 0 Å². The topological polar surface area (TPSA) is 73.2 Å². The smallest absolute Gasteiger partial charge is 0.272 e. The van der Waals surface area contributed by atoms with Crippen molar-refractivity contribution in [3.05, 3.63) is 70.1 Å². The highest BCUT2D eigenvalue weighted by atomic mass is 16.5. The molecule has 0 unspecified atom stereocenters. The quantitative estimate of drug-likeness (QED) is 0.698. The van der Waals surface area contributed by atoms with Crippen LogP contribution in [0.5, 0.6) is 5.75 Å². The maximum Gasteiger partial charge on any atom is 0.272 e. The molecular formula is C21H23N3O3. The van der Waals surface area contributed by atoms with E-state index in [2.05, 4.69) is 10.3 Å². The molecule has 0 atom stereocenters. The summed E-state index contributed by atoms with van der Waals surface area (Å²) in [5.74, 6) is 0.642. The molecular weight excluding hydrogens is 342 g/mol. The van der Waals surface area contributed by atoms with Gasteiger partial charge in [0.05, 0.1) is 17.6 Å². The van der Waals surface area contributed by atoms with Gasteiger partial charge in [-0.1, -0.05) is 24.3 Å². The zero-order chi connectivity index (χ0) is 19.2. The Balaban J connectivity index is 1.62. The molecule has 140 valence electrons. The molecule has 0 bridgehead atoms. The zero-order valence-electron chi connectivity index (χ0n) is 15.6. The van der Waals surface area contributed by atoms with Gasteiger partial charge in [0.1, 0.15) is 18.0 Å². The number of rotatable bonds is 7. The first kappa shape index (κ1) is 18.6. The van der Waals surface area contributed by atoms with Crippen molar-refractivity contribution in [2.75, 3.05) is 13.2 Å². The highest BCUT2D eigenvalue weighted by Crippen LogP contribution is 2.12. The summed E-state index contributed by atoms with van der Waals surface area (Å²) >= 11 is 0. The molecule has 6 heteroatoms. The van der Waals surface area contributed by atoms with Crippen molar-refractivity contribution >= 4 is 16.9 Å². The van der Waals surface area contributed by atoms with Gasteiger partial charge in [-0.3, -0.25) is 14.2 Å². The van der Waals surface area contributed by atoms with Crippen molar-refractivity contribution in [2.45, 2.75) is 26.8 Å². The SMILES string of the molecule is CCOc1ccc(CCNC(=O)Cn2c(=O)c(C)nc3ccccc32)cc1. The molecule has 0 radical (unpaired) electrons. The molecule has 0 aliphatic carbocycles. The standard InChI is InChI=1S/C21H23N3O3/c1-3-27-17-10-8-16(9-11-17)12-13-22-20(25)14-24-19-7-5-4-6-18(19)23-15(2)21(24)26/h4-11H,3,12-14H2,1-2H3,(H,22,25). The molecule has 0 saturated heterocycles. The van der Waals surface area contributed by atoms with E-state index in [1.807, 2.05) is 49.4 Å². The molecule has 0 aliphatic rings. The molecule has 0 aliphatic heterocycles. The van der Waals surface area contributed by atoms with E-state index in [4.69, 9.17) is 4.74 Å². The third-order valence-corrected chi connectivity index (χ3v) is 4.29. The van der Waals surface area contributed by atoms with Gasteiger partial charge in [-0.05, 0) is 50.1 Å². The number of carbonyl (C=O) groups excluding carboxylic acids is 1. The van der Waals surface area contributed by atoms with E-state index >= 15 is 0 Å². The number of nitrogens with zero attached hydrogens (tertiary/aromatic N) is 2. The Bertz CT molecular complexity index is 994. The van der Waals surface area contributed by atoms with Gasteiger partial charge in [-0.2, -0.15) is 0 Å². The molecule has 27 heavy (non-hydrogen) atoms. The number of benzene rings is 2. The Hall–Kier alpha value is -3.15. The Morgan fingerprint density at radius 3 is 2.63 bits per heavy atom. The average Bonchev–Trinajstić information content (AvgIpc) is 2.67. The Morgan fingerprint density at radius 2 is 1.89 bits per heavy atom. The van der Waals surface area contributed by atoms with Crippen LogP contribution in [0.2, 0.25) is 0 Å². The summed E-state index contributed by atoms with van der Waals surface area (Å²) in [6, 6.07) is 15.2. The van der Waals surface area contributed by atoms with E-state index in [-0.39, 0.29) is 18.0 Å². The lowest BCUT2D eigenvalue weighted by Gasteiger charge is -2.11. The van der Waals surface area contributed by atoms with Crippen LogP contribution in [0.1, 0.15) is 18.2 Å². The van der Waals surface area contributed by atoms with Crippen molar-refractivity contribution in [2.24, 2.45) is 0 Å². The number of para-hydroxylation sites is 2. The van der Waals surface area contributed by atoms with Crippen LogP contribution in [0.4, 0.5) is 0 Å². The van der Waals surface area contributed by atoms with Gasteiger partial charge >= 0.3 is 0 Å². The number of ether oxygens (including phenoxy) is 1. The van der Waals surface area contributed by atoms with Crippen LogP contribution in [-0.4, -0.2) is 28.6 Å². The second-order valence-electron chi connectivity index (χ2n) is 6.25. The number of carbonyl (C=O) groups is 1.